The molecule has 2 amide bonds. The number of nitrogens with two attached hydrogens (primary N) is 1. The van der Waals surface area contributed by atoms with Gasteiger partial charge in [0.1, 0.15) is 0 Å². The molecule has 5 nitrogen and oxygen atoms in total. The number of nitrogens with zero attached hydrogens (tertiary/aromatic N) is 3. The number of anilines is 1. The van der Waals surface area contributed by atoms with Crippen LogP contribution >= 0.6 is 18.5 Å². The van der Waals surface area contributed by atoms with E-state index in [1.54, 1.807) is 4.90 Å². The van der Waals surface area contributed by atoms with Crippen LogP contribution in [0.25, 0.3) is 0 Å². The normalized spacial score (nSPS) is 23.2. The Labute approximate surface area is 210 Å². The molecule has 7 heteroatoms. The number of hydrogen-bond donors (Lipinski definition) is 1. The summed E-state index contributed by atoms with van der Waals surface area (Å²) in [5.74, 6) is 0. The third kappa shape index (κ3) is 5.64. The first-order chi connectivity index (χ1) is 15.7. The summed E-state index contributed by atoms with van der Waals surface area (Å²) in [5.41, 5.74) is 11.4. The number of benzene rings is 1. The smallest absolute Gasteiger partial charge is 0.319 e. The number of rotatable bonds is 6. The Kier molecular flexibility index (Phi) is 7.83. The Bertz CT molecular complexity index is 1030. The first kappa shape index (κ1) is 27.1. The van der Waals surface area contributed by atoms with Crippen molar-refractivity contribution < 1.29 is 4.79 Å². The van der Waals surface area contributed by atoms with Crippen LogP contribution in [-0.4, -0.2) is 36.6 Å². The molecule has 34 heavy (non-hydrogen) atoms. The van der Waals surface area contributed by atoms with Crippen molar-refractivity contribution in [2.75, 3.05) is 25.5 Å². The Morgan fingerprint density at radius 3 is 2.21 bits per heavy atom. The second kappa shape index (κ2) is 9.84. The molecule has 2 atom stereocenters. The summed E-state index contributed by atoms with van der Waals surface area (Å²) in [6.45, 7) is 11.3. The molecule has 0 spiro atoms. The number of carbonyl (C=O) groups is 1. The van der Waals surface area contributed by atoms with Gasteiger partial charge in [0.25, 0.3) is 0 Å². The highest BCUT2D eigenvalue weighted by molar-refractivity contribution is 7.27. The zero-order chi connectivity index (χ0) is 25.5. The highest BCUT2D eigenvalue weighted by atomic mass is 31.0. The maximum Gasteiger partial charge on any atom is 0.319 e. The highest BCUT2D eigenvalue weighted by Gasteiger charge is 2.44. The standard InChI is InChI=1S/C27H42N4OP2/c1-18-12-20(15-21(33)13-18)27(30(6)7)10-8-26(5,9-11-27)17-31(24(28)32)22-16-29-23(14-19(22)2)25(3,4)34/h12-16H,8-11,17,33-34H2,1-7H3,(H2,28,32)/t26-,27-. The van der Waals surface area contributed by atoms with Gasteiger partial charge in [-0.05, 0) is 87.6 Å². The van der Waals surface area contributed by atoms with E-state index >= 15 is 0 Å². The number of urea groups is 1. The van der Waals surface area contributed by atoms with Gasteiger partial charge in [0.2, 0.25) is 0 Å². The lowest BCUT2D eigenvalue weighted by Crippen LogP contribution is -2.50. The summed E-state index contributed by atoms with van der Waals surface area (Å²) in [5, 5.41) is 1.10. The van der Waals surface area contributed by atoms with Gasteiger partial charge >= 0.3 is 6.03 Å². The van der Waals surface area contributed by atoms with E-state index in [1.807, 2.05) is 13.1 Å². The molecule has 0 radical (unpaired) electrons. The van der Waals surface area contributed by atoms with Crippen molar-refractivity contribution in [3.8, 4) is 0 Å². The summed E-state index contributed by atoms with van der Waals surface area (Å²) in [6.07, 6.45) is 5.91. The largest absolute Gasteiger partial charge is 0.351 e. The van der Waals surface area contributed by atoms with Crippen molar-refractivity contribution >= 4 is 35.5 Å². The lowest BCUT2D eigenvalue weighted by atomic mass is 9.65. The van der Waals surface area contributed by atoms with Gasteiger partial charge in [-0.1, -0.05) is 38.5 Å². The van der Waals surface area contributed by atoms with Gasteiger partial charge in [0, 0.05) is 17.2 Å². The maximum absolute atomic E-state index is 12.6. The van der Waals surface area contributed by atoms with Gasteiger partial charge in [-0.15, -0.1) is 18.5 Å². The van der Waals surface area contributed by atoms with Crippen molar-refractivity contribution in [3.05, 3.63) is 52.8 Å². The van der Waals surface area contributed by atoms with Crippen LogP contribution in [0.3, 0.4) is 0 Å². The van der Waals surface area contributed by atoms with Crippen LogP contribution in [0.15, 0.2) is 30.5 Å². The molecule has 186 valence electrons. The first-order valence-corrected chi connectivity index (χ1v) is 13.2. The number of pyridine rings is 1. The average Bonchev–Trinajstić information content (AvgIpc) is 2.71. The van der Waals surface area contributed by atoms with Gasteiger partial charge in [-0.25, -0.2) is 4.79 Å². The van der Waals surface area contributed by atoms with Gasteiger partial charge in [0.15, 0.2) is 0 Å². The molecule has 0 bridgehead atoms. The van der Waals surface area contributed by atoms with E-state index in [0.29, 0.717) is 6.54 Å². The van der Waals surface area contributed by atoms with Crippen LogP contribution in [0.1, 0.15) is 68.8 Å². The van der Waals surface area contributed by atoms with E-state index in [9.17, 15) is 4.79 Å². The lowest BCUT2D eigenvalue weighted by Gasteiger charge is -2.50. The fraction of sp³-hybridized carbons (Fsp3) is 0.556. The predicted molar refractivity (Wildman–Crippen MR) is 151 cm³/mol. The lowest BCUT2D eigenvalue weighted by molar-refractivity contribution is 0.0459. The second-order valence-corrected chi connectivity index (χ2v) is 13.5. The molecule has 1 saturated carbocycles. The molecule has 1 heterocycles. The van der Waals surface area contributed by atoms with Crippen molar-refractivity contribution in [3.63, 3.8) is 0 Å². The third-order valence-electron chi connectivity index (χ3n) is 7.62. The molecule has 3 rings (SSSR count). The summed E-state index contributed by atoms with van der Waals surface area (Å²) in [4.78, 5) is 21.4. The number of carbonyl (C=O) groups excluding carboxylic acids is 1. The maximum atomic E-state index is 12.6. The van der Waals surface area contributed by atoms with Crippen LogP contribution in [0.4, 0.5) is 10.5 Å². The third-order valence-corrected chi connectivity index (χ3v) is 8.25. The van der Waals surface area contributed by atoms with E-state index in [-0.39, 0.29) is 16.1 Å². The van der Waals surface area contributed by atoms with Crippen molar-refractivity contribution in [2.45, 2.75) is 71.0 Å². The van der Waals surface area contributed by atoms with Crippen LogP contribution in [0.2, 0.25) is 0 Å². The molecule has 1 fully saturated rings. The molecular formula is C27H42N4OP2. The molecule has 1 aromatic heterocycles. The van der Waals surface area contributed by atoms with Gasteiger partial charge in [0.05, 0.1) is 17.6 Å². The number of aryl methyl sites for hydroxylation is 2. The minimum atomic E-state index is -0.417. The van der Waals surface area contributed by atoms with Gasteiger partial charge in [-0.2, -0.15) is 0 Å². The van der Waals surface area contributed by atoms with Gasteiger partial charge in [-0.3, -0.25) is 14.8 Å². The minimum Gasteiger partial charge on any atom is -0.351 e. The van der Waals surface area contributed by atoms with Crippen LogP contribution in [0.5, 0.6) is 0 Å². The second-order valence-electron chi connectivity index (χ2n) is 11.4. The van der Waals surface area contributed by atoms with Gasteiger partial charge < -0.3 is 5.73 Å². The topological polar surface area (TPSA) is 62.5 Å². The van der Waals surface area contributed by atoms with E-state index in [1.165, 1.54) is 16.4 Å². The van der Waals surface area contributed by atoms with Crippen LogP contribution in [0, 0.1) is 19.3 Å². The Hall–Kier alpha value is -1.54. The number of aromatic nitrogens is 1. The Balaban J connectivity index is 1.86. The molecule has 0 aliphatic heterocycles. The van der Waals surface area contributed by atoms with E-state index in [2.05, 4.69) is 94.4 Å². The molecular weight excluding hydrogens is 458 g/mol. The fourth-order valence-electron chi connectivity index (χ4n) is 5.35. The molecule has 1 aromatic carbocycles. The van der Waals surface area contributed by atoms with Crippen molar-refractivity contribution in [2.24, 2.45) is 11.1 Å². The fourth-order valence-corrected chi connectivity index (χ4v) is 5.95. The molecule has 1 aliphatic carbocycles. The van der Waals surface area contributed by atoms with E-state index in [4.69, 9.17) is 5.73 Å². The molecule has 2 N–H and O–H groups in total. The summed E-state index contributed by atoms with van der Waals surface area (Å²) in [7, 11) is 10.1. The van der Waals surface area contributed by atoms with Crippen LogP contribution < -0.4 is 15.9 Å². The van der Waals surface area contributed by atoms with Crippen molar-refractivity contribution in [1.29, 1.82) is 0 Å². The Morgan fingerprint density at radius 1 is 1.12 bits per heavy atom. The molecule has 2 aromatic rings. The summed E-state index contributed by atoms with van der Waals surface area (Å²) in [6, 6.07) is 8.49. The van der Waals surface area contributed by atoms with E-state index < -0.39 is 6.03 Å². The SMILES string of the molecule is Cc1cc(P)cc([C@]2(N(C)C)CC[C@](C)(CN(C(N)=O)c3cnc(C(C)(C)P)cc3C)CC2)c1. The zero-order valence-electron chi connectivity index (χ0n) is 21.9. The minimum absolute atomic E-state index is 0.00208. The molecule has 1 aliphatic rings. The zero-order valence-corrected chi connectivity index (χ0v) is 24.2. The number of hydrogen-bond acceptors (Lipinski definition) is 3. The number of primary amides is 1. The monoisotopic (exact) mass is 500 g/mol. The summed E-state index contributed by atoms with van der Waals surface area (Å²) < 4.78 is 0. The quantitative estimate of drug-likeness (QED) is 0.553. The predicted octanol–water partition coefficient (Wildman–Crippen LogP) is 5.23. The highest BCUT2D eigenvalue weighted by Crippen LogP contribution is 2.49. The van der Waals surface area contributed by atoms with Crippen molar-refractivity contribution in [1.82, 2.24) is 9.88 Å². The average molecular weight is 501 g/mol. The van der Waals surface area contributed by atoms with Crippen LogP contribution in [-0.2, 0) is 10.7 Å². The molecule has 2 unspecified atom stereocenters. The van der Waals surface area contributed by atoms with E-state index in [0.717, 1.165) is 42.6 Å². The first-order valence-electron chi connectivity index (χ1n) is 12.0. The molecule has 0 saturated heterocycles. The number of amides is 2. The Morgan fingerprint density at radius 2 is 1.74 bits per heavy atom. The summed E-state index contributed by atoms with van der Waals surface area (Å²) >= 11 is 0.